The number of rotatable bonds is 1. The molecule has 0 unspecified atom stereocenters. The molecule has 1 aromatic carbocycles. The lowest BCUT2D eigenvalue weighted by molar-refractivity contribution is -0.578. The van der Waals surface area contributed by atoms with Gasteiger partial charge in [-0.3, -0.25) is 0 Å². The molecular weight excluding hydrogens is 280 g/mol. The molecule has 2 rings (SSSR count). The largest absolute Gasteiger partial charge is 0.618 e. The average molecular weight is 288 g/mol. The van der Waals surface area contributed by atoms with Gasteiger partial charge in [0.25, 0.3) is 5.92 Å². The van der Waals surface area contributed by atoms with E-state index in [4.69, 9.17) is 0 Å². The van der Waals surface area contributed by atoms with Crippen LogP contribution in [0.15, 0.2) is 34.9 Å². The fourth-order valence-corrected chi connectivity index (χ4v) is 1.82. The Hall–Kier alpha value is -1.23. The Morgan fingerprint density at radius 2 is 2.00 bits per heavy atom. The number of alkyl halides is 2. The van der Waals surface area contributed by atoms with Crippen LogP contribution in [-0.2, 0) is 5.92 Å². The monoisotopic (exact) mass is 287 g/mol. The van der Waals surface area contributed by atoms with E-state index >= 15 is 0 Å². The van der Waals surface area contributed by atoms with Gasteiger partial charge >= 0.3 is 0 Å². The zero-order valence-corrected chi connectivity index (χ0v) is 9.96. The summed E-state index contributed by atoms with van der Waals surface area (Å²) in [5, 5.41) is 12.1. The van der Waals surface area contributed by atoms with Crippen LogP contribution >= 0.6 is 15.9 Å². The zero-order valence-electron chi connectivity index (χ0n) is 8.38. The van der Waals surface area contributed by atoms with Crippen molar-refractivity contribution in [2.24, 2.45) is 0 Å². The number of aromatic nitrogens is 1. The van der Waals surface area contributed by atoms with Crippen LogP contribution in [-0.4, -0.2) is 0 Å². The molecule has 2 aromatic rings. The lowest BCUT2D eigenvalue weighted by Gasteiger charge is -2.11. The summed E-state index contributed by atoms with van der Waals surface area (Å²) in [5.41, 5.74) is 0.0831. The fourth-order valence-electron chi connectivity index (χ4n) is 1.47. The van der Waals surface area contributed by atoms with Crippen molar-refractivity contribution in [2.75, 3.05) is 0 Å². The number of nitrogens with zero attached hydrogens (tertiary/aromatic N) is 1. The van der Waals surface area contributed by atoms with Gasteiger partial charge in [0.05, 0.1) is 5.56 Å². The van der Waals surface area contributed by atoms with Crippen LogP contribution in [0, 0.1) is 5.21 Å². The van der Waals surface area contributed by atoms with Crippen molar-refractivity contribution in [3.05, 3.63) is 45.7 Å². The van der Waals surface area contributed by atoms with Crippen molar-refractivity contribution in [3.8, 4) is 0 Å². The number of benzene rings is 1. The molecule has 0 bridgehead atoms. The van der Waals surface area contributed by atoms with Gasteiger partial charge in [0, 0.05) is 22.8 Å². The summed E-state index contributed by atoms with van der Waals surface area (Å²) >= 11 is 3.22. The van der Waals surface area contributed by atoms with E-state index in [2.05, 4.69) is 15.9 Å². The van der Waals surface area contributed by atoms with E-state index in [0.717, 1.165) is 17.6 Å². The average Bonchev–Trinajstić information content (AvgIpc) is 2.17. The Labute approximate surface area is 99.2 Å². The number of hydrogen-bond acceptors (Lipinski definition) is 1. The summed E-state index contributed by atoms with van der Waals surface area (Å²) in [6, 6.07) is 6.26. The molecule has 0 aliphatic rings. The highest BCUT2D eigenvalue weighted by atomic mass is 79.9. The van der Waals surface area contributed by atoms with E-state index < -0.39 is 5.92 Å². The van der Waals surface area contributed by atoms with Crippen molar-refractivity contribution in [2.45, 2.75) is 12.8 Å². The Balaban J connectivity index is 2.74. The topological polar surface area (TPSA) is 26.9 Å². The summed E-state index contributed by atoms with van der Waals surface area (Å²) in [6.45, 7) is 0.771. The number of fused-ring (bicyclic) bond motifs is 1. The van der Waals surface area contributed by atoms with Gasteiger partial charge in [-0.1, -0.05) is 15.9 Å². The Morgan fingerprint density at radius 3 is 2.62 bits per heavy atom. The molecule has 84 valence electrons. The molecule has 0 amide bonds. The lowest BCUT2D eigenvalue weighted by Crippen LogP contribution is -2.29. The highest BCUT2D eigenvalue weighted by molar-refractivity contribution is 9.10. The third-order valence-electron chi connectivity index (χ3n) is 2.30. The first kappa shape index (κ1) is 11.3. The van der Waals surface area contributed by atoms with E-state index in [1.165, 1.54) is 6.07 Å². The van der Waals surface area contributed by atoms with Crippen LogP contribution in [0.2, 0.25) is 0 Å². The second-order valence-electron chi connectivity index (χ2n) is 3.65. The molecule has 0 aliphatic carbocycles. The first-order valence-corrected chi connectivity index (χ1v) is 5.38. The van der Waals surface area contributed by atoms with E-state index in [9.17, 15) is 14.0 Å². The number of hydrogen-bond donors (Lipinski definition) is 0. The highest BCUT2D eigenvalue weighted by Gasteiger charge is 2.27. The van der Waals surface area contributed by atoms with Crippen molar-refractivity contribution in [1.29, 1.82) is 0 Å². The van der Waals surface area contributed by atoms with Gasteiger partial charge in [0.2, 0.25) is 5.52 Å². The van der Waals surface area contributed by atoms with Crippen molar-refractivity contribution >= 4 is 26.8 Å². The molecule has 0 saturated heterocycles. The van der Waals surface area contributed by atoms with Crippen molar-refractivity contribution in [3.63, 3.8) is 0 Å². The van der Waals surface area contributed by atoms with Gasteiger partial charge in [-0.05, 0) is 18.2 Å². The van der Waals surface area contributed by atoms with Crippen molar-refractivity contribution < 1.29 is 13.5 Å². The minimum absolute atomic E-state index is 0.280. The molecule has 1 aromatic heterocycles. The quantitative estimate of drug-likeness (QED) is 0.584. The summed E-state index contributed by atoms with van der Waals surface area (Å²) in [7, 11) is 0. The summed E-state index contributed by atoms with van der Waals surface area (Å²) in [4.78, 5) is 0. The lowest BCUT2D eigenvalue weighted by atomic mass is 10.1. The molecule has 16 heavy (non-hydrogen) atoms. The SMILES string of the molecule is CC(F)(F)c1cc2ccc(Br)cc2[n+]([O-])c1. The van der Waals surface area contributed by atoms with Gasteiger partial charge in [0.1, 0.15) is 0 Å². The van der Waals surface area contributed by atoms with Gasteiger partial charge in [-0.15, -0.1) is 0 Å². The van der Waals surface area contributed by atoms with Crippen LogP contribution < -0.4 is 4.73 Å². The Kier molecular flexibility index (Phi) is 2.58. The molecule has 0 radical (unpaired) electrons. The molecule has 2 nitrogen and oxygen atoms in total. The summed E-state index contributed by atoms with van der Waals surface area (Å²) < 4.78 is 27.4. The van der Waals surface area contributed by atoms with E-state index in [-0.39, 0.29) is 5.56 Å². The van der Waals surface area contributed by atoms with Gasteiger partial charge in [-0.25, -0.2) is 8.78 Å². The molecule has 0 spiro atoms. The van der Waals surface area contributed by atoms with Gasteiger partial charge in [0.15, 0.2) is 6.20 Å². The minimum Gasteiger partial charge on any atom is -0.618 e. The van der Waals surface area contributed by atoms with E-state index in [0.29, 0.717) is 15.6 Å². The summed E-state index contributed by atoms with van der Waals surface area (Å²) in [5.74, 6) is -3.01. The van der Waals surface area contributed by atoms with Gasteiger partial charge < -0.3 is 5.21 Å². The van der Waals surface area contributed by atoms with Crippen molar-refractivity contribution in [1.82, 2.24) is 0 Å². The van der Waals surface area contributed by atoms with E-state index in [1.807, 2.05) is 0 Å². The van der Waals surface area contributed by atoms with Crippen LogP contribution in [0.5, 0.6) is 0 Å². The Bertz CT molecular complexity index is 551. The number of halogens is 3. The van der Waals surface area contributed by atoms with Crippen LogP contribution in [0.1, 0.15) is 12.5 Å². The molecule has 0 fully saturated rings. The molecule has 0 atom stereocenters. The maximum absolute atomic E-state index is 13.1. The zero-order chi connectivity index (χ0) is 11.9. The fraction of sp³-hybridized carbons (Fsp3) is 0.182. The van der Waals surface area contributed by atoms with Gasteiger partial charge in [-0.2, -0.15) is 4.73 Å². The maximum Gasteiger partial charge on any atom is 0.276 e. The second-order valence-corrected chi connectivity index (χ2v) is 4.56. The first-order chi connectivity index (χ1) is 7.38. The minimum atomic E-state index is -3.01. The molecule has 0 aliphatic heterocycles. The summed E-state index contributed by atoms with van der Waals surface area (Å²) in [6.07, 6.45) is 0.911. The smallest absolute Gasteiger partial charge is 0.276 e. The predicted octanol–water partition coefficient (Wildman–Crippen LogP) is 3.35. The number of pyridine rings is 1. The highest BCUT2D eigenvalue weighted by Crippen LogP contribution is 2.28. The first-order valence-electron chi connectivity index (χ1n) is 4.59. The molecule has 0 N–H and O–H groups in total. The van der Waals surface area contributed by atoms with Crippen LogP contribution in [0.25, 0.3) is 10.9 Å². The van der Waals surface area contributed by atoms with E-state index in [1.54, 1.807) is 18.2 Å². The molecule has 5 heteroatoms. The standard InChI is InChI=1S/C11H8BrF2NO/c1-11(13,14)8-4-7-2-3-9(12)5-10(7)15(16)6-8/h2-6H,1H3. The third-order valence-corrected chi connectivity index (χ3v) is 2.80. The van der Waals surface area contributed by atoms with Crippen LogP contribution in [0.3, 0.4) is 0 Å². The third kappa shape index (κ3) is 2.00. The maximum atomic E-state index is 13.1. The normalized spacial score (nSPS) is 12.0. The predicted molar refractivity (Wildman–Crippen MR) is 60.2 cm³/mol. The molecule has 1 heterocycles. The molecular formula is C11H8BrF2NO. The van der Waals surface area contributed by atoms with Crippen LogP contribution in [0.4, 0.5) is 8.78 Å². The second kappa shape index (κ2) is 3.66. The molecule has 0 saturated carbocycles. The Morgan fingerprint density at radius 1 is 1.31 bits per heavy atom.